The summed E-state index contributed by atoms with van der Waals surface area (Å²) in [5.74, 6) is -0.549. The molecule has 2 heterocycles. The Morgan fingerprint density at radius 2 is 1.96 bits per heavy atom. The number of halogens is 1. The van der Waals surface area contributed by atoms with Crippen LogP contribution in [0.25, 0.3) is 22.4 Å². The Hall–Kier alpha value is -2.90. The highest BCUT2D eigenvalue weighted by Gasteiger charge is 2.11. The summed E-state index contributed by atoms with van der Waals surface area (Å²) in [6, 6.07) is 14.6. The van der Waals surface area contributed by atoms with Crippen LogP contribution in [0.5, 0.6) is 0 Å². The molecule has 0 fully saturated rings. The van der Waals surface area contributed by atoms with Crippen LogP contribution < -0.4 is 11.1 Å². The monoisotopic (exact) mass is 413 g/mol. The van der Waals surface area contributed by atoms with E-state index >= 15 is 0 Å². The van der Waals surface area contributed by atoms with Crippen molar-refractivity contribution < 1.29 is 9.21 Å². The maximum atomic E-state index is 12.2. The number of thiazole rings is 1. The maximum absolute atomic E-state index is 12.2. The van der Waals surface area contributed by atoms with Gasteiger partial charge >= 0.3 is 5.76 Å². The summed E-state index contributed by atoms with van der Waals surface area (Å²) >= 11 is 7.26. The molecule has 0 saturated carbocycles. The van der Waals surface area contributed by atoms with Gasteiger partial charge in [0.15, 0.2) is 10.7 Å². The lowest BCUT2D eigenvalue weighted by Gasteiger charge is -2.03. The number of aryl methyl sites for hydroxylation is 1. The summed E-state index contributed by atoms with van der Waals surface area (Å²) < 4.78 is 6.74. The van der Waals surface area contributed by atoms with E-state index < -0.39 is 5.76 Å². The lowest BCUT2D eigenvalue weighted by atomic mass is 10.2. The average molecular weight is 414 g/mol. The number of nitrogens with one attached hydrogen (secondary N) is 1. The van der Waals surface area contributed by atoms with Crippen molar-refractivity contribution >= 4 is 45.1 Å². The molecular weight excluding hydrogens is 398 g/mol. The molecule has 0 saturated heterocycles. The van der Waals surface area contributed by atoms with Crippen LogP contribution in [0.4, 0.5) is 5.13 Å². The molecule has 142 valence electrons. The minimum atomic E-state index is -0.408. The van der Waals surface area contributed by atoms with Crippen molar-refractivity contribution in [1.29, 1.82) is 0 Å². The third kappa shape index (κ3) is 4.00. The van der Waals surface area contributed by atoms with Crippen molar-refractivity contribution in [2.75, 3.05) is 5.32 Å². The van der Waals surface area contributed by atoms with E-state index in [-0.39, 0.29) is 12.3 Å². The van der Waals surface area contributed by atoms with E-state index in [1.54, 1.807) is 22.8 Å². The summed E-state index contributed by atoms with van der Waals surface area (Å²) in [6.07, 6.45) is 0.798. The summed E-state index contributed by atoms with van der Waals surface area (Å²) in [4.78, 5) is 28.6. The molecule has 6 nitrogen and oxygen atoms in total. The molecule has 0 spiro atoms. The molecule has 2 aromatic heterocycles. The number of fused-ring (bicyclic) bond motifs is 1. The Labute approximate surface area is 169 Å². The number of aromatic nitrogens is 2. The molecule has 0 radical (unpaired) electrons. The second-order valence-corrected chi connectivity index (χ2v) is 7.48. The number of amides is 1. The molecule has 4 rings (SSSR count). The maximum Gasteiger partial charge on any atom is 0.419 e. The standard InChI is InChI=1S/C20H16ClN3O3S/c21-14-9-7-13(8-10-14)15-12-28-19(22-15)23-18(25)6-3-11-24-16-4-1-2-5-17(16)27-20(24)26/h1-2,4-5,7-10,12H,3,6,11H2,(H,22,23,25). The van der Waals surface area contributed by atoms with Gasteiger partial charge in [0.05, 0.1) is 11.2 Å². The second-order valence-electron chi connectivity index (χ2n) is 6.18. The average Bonchev–Trinajstić information content (AvgIpc) is 3.27. The van der Waals surface area contributed by atoms with Gasteiger partial charge in [-0.05, 0) is 30.7 Å². The van der Waals surface area contributed by atoms with Gasteiger partial charge in [0.1, 0.15) is 0 Å². The van der Waals surface area contributed by atoms with E-state index in [1.165, 1.54) is 11.3 Å². The number of carbonyl (C=O) groups is 1. The molecule has 4 aromatic rings. The Balaban J connectivity index is 1.34. The number of nitrogens with zero attached hydrogens (tertiary/aromatic N) is 2. The first-order valence-electron chi connectivity index (χ1n) is 8.70. The lowest BCUT2D eigenvalue weighted by Crippen LogP contribution is -2.17. The van der Waals surface area contributed by atoms with E-state index in [1.807, 2.05) is 35.7 Å². The molecule has 0 aliphatic heterocycles. The number of anilines is 1. The zero-order valence-electron chi connectivity index (χ0n) is 14.7. The molecule has 28 heavy (non-hydrogen) atoms. The molecule has 0 atom stereocenters. The van der Waals surface area contributed by atoms with Gasteiger partial charge in [-0.2, -0.15) is 0 Å². The van der Waals surface area contributed by atoms with Crippen molar-refractivity contribution in [2.24, 2.45) is 0 Å². The molecule has 2 aromatic carbocycles. The van der Waals surface area contributed by atoms with Gasteiger partial charge in [-0.1, -0.05) is 35.9 Å². The highest BCUT2D eigenvalue weighted by molar-refractivity contribution is 7.14. The van der Waals surface area contributed by atoms with Gasteiger partial charge in [0.25, 0.3) is 0 Å². The number of rotatable bonds is 6. The van der Waals surface area contributed by atoms with Crippen molar-refractivity contribution in [1.82, 2.24) is 9.55 Å². The molecule has 1 N–H and O–H groups in total. The summed E-state index contributed by atoms with van der Waals surface area (Å²) in [6.45, 7) is 0.414. The first-order chi connectivity index (χ1) is 13.6. The van der Waals surface area contributed by atoms with Crippen molar-refractivity contribution in [3.05, 3.63) is 69.5 Å². The predicted molar refractivity (Wildman–Crippen MR) is 111 cm³/mol. The van der Waals surface area contributed by atoms with Crippen LogP contribution in [0.15, 0.2) is 63.1 Å². The van der Waals surface area contributed by atoms with E-state index in [4.69, 9.17) is 16.0 Å². The number of hydrogen-bond donors (Lipinski definition) is 1. The first kappa shape index (κ1) is 18.5. The Morgan fingerprint density at radius 1 is 1.18 bits per heavy atom. The lowest BCUT2D eigenvalue weighted by molar-refractivity contribution is -0.116. The second kappa shape index (κ2) is 8.00. The SMILES string of the molecule is O=C(CCCn1c(=O)oc2ccccc21)Nc1nc(-c2ccc(Cl)cc2)cs1. The van der Waals surface area contributed by atoms with Crippen LogP contribution in [0, 0.1) is 0 Å². The minimum absolute atomic E-state index is 0.141. The number of para-hydroxylation sites is 2. The third-order valence-corrected chi connectivity index (χ3v) is 5.26. The normalized spacial score (nSPS) is 11.0. The summed E-state index contributed by atoms with van der Waals surface area (Å²) in [5.41, 5.74) is 3.01. The highest BCUT2D eigenvalue weighted by Crippen LogP contribution is 2.26. The van der Waals surface area contributed by atoms with Crippen molar-refractivity contribution in [2.45, 2.75) is 19.4 Å². The van der Waals surface area contributed by atoms with Gasteiger partial charge in [-0.3, -0.25) is 9.36 Å². The molecule has 0 bridgehead atoms. The topological polar surface area (TPSA) is 77.1 Å². The van der Waals surface area contributed by atoms with Gasteiger partial charge in [-0.25, -0.2) is 9.78 Å². The Morgan fingerprint density at radius 3 is 2.79 bits per heavy atom. The fourth-order valence-electron chi connectivity index (χ4n) is 2.89. The quantitative estimate of drug-likeness (QED) is 0.493. The summed E-state index contributed by atoms with van der Waals surface area (Å²) in [5, 5.41) is 5.90. The molecule has 8 heteroatoms. The molecule has 0 aliphatic carbocycles. The van der Waals surface area contributed by atoms with Gasteiger partial charge < -0.3 is 9.73 Å². The number of carbonyl (C=O) groups excluding carboxylic acids is 1. The zero-order valence-corrected chi connectivity index (χ0v) is 16.3. The fraction of sp³-hybridized carbons (Fsp3) is 0.150. The van der Waals surface area contributed by atoms with Crippen LogP contribution in [0.2, 0.25) is 5.02 Å². The predicted octanol–water partition coefficient (Wildman–Crippen LogP) is 4.79. The van der Waals surface area contributed by atoms with E-state index in [0.717, 1.165) is 16.8 Å². The number of hydrogen-bond acceptors (Lipinski definition) is 5. The van der Waals surface area contributed by atoms with Crippen LogP contribution in [-0.2, 0) is 11.3 Å². The molecule has 0 aliphatic rings. The van der Waals surface area contributed by atoms with E-state index in [9.17, 15) is 9.59 Å². The van der Waals surface area contributed by atoms with Gasteiger partial charge in [-0.15, -0.1) is 11.3 Å². The zero-order chi connectivity index (χ0) is 19.5. The van der Waals surface area contributed by atoms with Crippen molar-refractivity contribution in [3.63, 3.8) is 0 Å². The molecule has 0 unspecified atom stereocenters. The largest absolute Gasteiger partial charge is 0.419 e. The first-order valence-corrected chi connectivity index (χ1v) is 9.95. The van der Waals surface area contributed by atoms with Crippen LogP contribution in [-0.4, -0.2) is 15.5 Å². The third-order valence-electron chi connectivity index (χ3n) is 4.25. The molecular formula is C20H16ClN3O3S. The number of oxazole rings is 1. The van der Waals surface area contributed by atoms with Crippen molar-refractivity contribution in [3.8, 4) is 11.3 Å². The smallest absolute Gasteiger partial charge is 0.408 e. The molecule has 1 amide bonds. The van der Waals surface area contributed by atoms with Gasteiger partial charge in [0.2, 0.25) is 5.91 Å². The Bertz CT molecular complexity index is 1180. The van der Waals surface area contributed by atoms with Crippen LogP contribution in [0.1, 0.15) is 12.8 Å². The Kier molecular flexibility index (Phi) is 5.27. The van der Waals surface area contributed by atoms with E-state index in [0.29, 0.717) is 28.7 Å². The highest BCUT2D eigenvalue weighted by atomic mass is 35.5. The minimum Gasteiger partial charge on any atom is -0.408 e. The van der Waals surface area contributed by atoms with E-state index in [2.05, 4.69) is 10.3 Å². The van der Waals surface area contributed by atoms with Crippen LogP contribution in [0.3, 0.4) is 0 Å². The number of benzene rings is 2. The summed E-state index contributed by atoms with van der Waals surface area (Å²) in [7, 11) is 0. The fourth-order valence-corrected chi connectivity index (χ4v) is 3.75. The van der Waals surface area contributed by atoms with Crippen LogP contribution >= 0.6 is 22.9 Å². The van der Waals surface area contributed by atoms with Gasteiger partial charge in [0, 0.05) is 28.9 Å².